The molecule has 2 rings (SSSR count). The maximum atomic E-state index is 5.89. The second-order valence-corrected chi connectivity index (χ2v) is 5.94. The largest absolute Gasteiger partial charge is 0.487 e. The summed E-state index contributed by atoms with van der Waals surface area (Å²) in [7, 11) is -0.349. The predicted molar refractivity (Wildman–Crippen MR) is 78.5 cm³/mol. The Morgan fingerprint density at radius 1 is 1.21 bits per heavy atom. The molecule has 5 heteroatoms. The first-order valence-electron chi connectivity index (χ1n) is 6.47. The number of hydrogen-bond acceptors (Lipinski definition) is 4. The van der Waals surface area contributed by atoms with Crippen LogP contribution in [0.5, 0.6) is 0 Å². The molecule has 4 nitrogen and oxygen atoms in total. The SMILES string of the molecule is Cc1cc(/C=C/B2OC(C)(C)C(C)(C)O2)c(N)cn1. The van der Waals surface area contributed by atoms with Crippen molar-refractivity contribution in [2.45, 2.75) is 45.8 Å². The van der Waals surface area contributed by atoms with Crippen molar-refractivity contribution in [3.05, 3.63) is 29.5 Å². The van der Waals surface area contributed by atoms with Gasteiger partial charge >= 0.3 is 7.12 Å². The summed E-state index contributed by atoms with van der Waals surface area (Å²) in [4.78, 5) is 4.14. The first kappa shape index (κ1) is 14.1. The molecule has 2 heterocycles. The Kier molecular flexibility index (Phi) is 3.45. The third-order valence-corrected chi connectivity index (χ3v) is 3.81. The van der Waals surface area contributed by atoms with Crippen LogP contribution in [-0.2, 0) is 9.31 Å². The van der Waals surface area contributed by atoms with Crippen LogP contribution in [0.25, 0.3) is 6.08 Å². The summed E-state index contributed by atoms with van der Waals surface area (Å²) in [5, 5.41) is 0. The number of pyridine rings is 1. The Hall–Kier alpha value is -1.33. The van der Waals surface area contributed by atoms with E-state index in [2.05, 4.69) is 4.98 Å². The Balaban J connectivity index is 2.15. The van der Waals surface area contributed by atoms with Crippen LogP contribution in [0.2, 0.25) is 0 Å². The lowest BCUT2D eigenvalue weighted by Crippen LogP contribution is -2.41. The van der Waals surface area contributed by atoms with Crippen molar-refractivity contribution >= 4 is 18.9 Å². The average molecular weight is 260 g/mol. The number of aryl methyl sites for hydroxylation is 1. The van der Waals surface area contributed by atoms with E-state index >= 15 is 0 Å². The van der Waals surface area contributed by atoms with Gasteiger partial charge in [-0.1, -0.05) is 12.1 Å². The molecule has 0 spiro atoms. The highest BCUT2D eigenvalue weighted by Crippen LogP contribution is 2.37. The van der Waals surface area contributed by atoms with Crippen LogP contribution in [0, 0.1) is 6.92 Å². The van der Waals surface area contributed by atoms with E-state index in [-0.39, 0.29) is 18.3 Å². The van der Waals surface area contributed by atoms with Gasteiger partial charge in [0.1, 0.15) is 0 Å². The fourth-order valence-corrected chi connectivity index (χ4v) is 1.89. The number of rotatable bonds is 2. The lowest BCUT2D eigenvalue weighted by atomic mass is 9.89. The molecule has 0 atom stereocenters. The van der Waals surface area contributed by atoms with Gasteiger partial charge in [0, 0.05) is 5.69 Å². The number of aromatic nitrogens is 1. The highest BCUT2D eigenvalue weighted by atomic mass is 16.7. The summed E-state index contributed by atoms with van der Waals surface area (Å²) in [6.45, 7) is 10.1. The smallest absolute Gasteiger partial charge is 0.400 e. The lowest BCUT2D eigenvalue weighted by Gasteiger charge is -2.32. The zero-order valence-electron chi connectivity index (χ0n) is 12.2. The zero-order chi connectivity index (χ0) is 14.3. The van der Waals surface area contributed by atoms with Crippen molar-refractivity contribution < 1.29 is 9.31 Å². The first-order valence-corrected chi connectivity index (χ1v) is 6.47. The molecule has 2 N–H and O–H groups in total. The summed E-state index contributed by atoms with van der Waals surface area (Å²) >= 11 is 0. The van der Waals surface area contributed by atoms with Crippen LogP contribution in [0.4, 0.5) is 5.69 Å². The van der Waals surface area contributed by atoms with Crippen LogP contribution >= 0.6 is 0 Å². The molecule has 1 aromatic heterocycles. The Morgan fingerprint density at radius 3 is 2.37 bits per heavy atom. The van der Waals surface area contributed by atoms with Crippen molar-refractivity contribution in [2.75, 3.05) is 5.73 Å². The van der Waals surface area contributed by atoms with E-state index in [4.69, 9.17) is 15.0 Å². The molecule has 1 aliphatic heterocycles. The highest BCUT2D eigenvalue weighted by molar-refractivity contribution is 6.52. The zero-order valence-corrected chi connectivity index (χ0v) is 12.2. The molecule has 19 heavy (non-hydrogen) atoms. The van der Waals surface area contributed by atoms with Gasteiger partial charge in [-0.05, 0) is 46.2 Å². The van der Waals surface area contributed by atoms with Gasteiger partial charge in [0.2, 0.25) is 0 Å². The molecule has 1 fully saturated rings. The summed E-state index contributed by atoms with van der Waals surface area (Å²) < 4.78 is 11.8. The maximum Gasteiger partial charge on any atom is 0.487 e. The maximum absolute atomic E-state index is 5.89. The highest BCUT2D eigenvalue weighted by Gasteiger charge is 2.49. The summed E-state index contributed by atoms with van der Waals surface area (Å²) in [6, 6.07) is 1.94. The topological polar surface area (TPSA) is 57.4 Å². The third kappa shape index (κ3) is 2.82. The predicted octanol–water partition coefficient (Wildman–Crippen LogP) is 2.62. The van der Waals surface area contributed by atoms with Crippen LogP contribution in [0.1, 0.15) is 39.0 Å². The van der Waals surface area contributed by atoms with Gasteiger partial charge in [0.05, 0.1) is 23.1 Å². The van der Waals surface area contributed by atoms with Gasteiger partial charge in [0.25, 0.3) is 0 Å². The minimum absolute atomic E-state index is 0.318. The fraction of sp³-hybridized carbons (Fsp3) is 0.500. The normalized spacial score (nSPS) is 21.2. The van der Waals surface area contributed by atoms with Crippen molar-refractivity contribution in [1.82, 2.24) is 4.98 Å². The van der Waals surface area contributed by atoms with Crippen molar-refractivity contribution in [1.29, 1.82) is 0 Å². The molecule has 0 unspecified atom stereocenters. The number of nitrogen functional groups attached to an aromatic ring is 1. The second-order valence-electron chi connectivity index (χ2n) is 5.94. The molecule has 1 aromatic rings. The van der Waals surface area contributed by atoms with Gasteiger partial charge in [-0.2, -0.15) is 0 Å². The second kappa shape index (κ2) is 4.65. The molecule has 1 saturated heterocycles. The van der Waals surface area contributed by atoms with Crippen LogP contribution in [0.15, 0.2) is 18.2 Å². The van der Waals surface area contributed by atoms with E-state index in [0.717, 1.165) is 11.3 Å². The molecule has 0 bridgehead atoms. The standard InChI is InChI=1S/C14H21BN2O2/c1-10-8-11(12(16)9-17-10)6-7-15-18-13(2,3)14(4,5)19-15/h6-9H,16H2,1-5H3/b7-6+. The van der Waals surface area contributed by atoms with E-state index in [1.807, 2.05) is 52.7 Å². The van der Waals surface area contributed by atoms with Gasteiger partial charge in [-0.3, -0.25) is 4.98 Å². The molecule has 102 valence electrons. The fourth-order valence-electron chi connectivity index (χ4n) is 1.89. The molecular weight excluding hydrogens is 239 g/mol. The van der Waals surface area contributed by atoms with E-state index in [1.54, 1.807) is 6.20 Å². The van der Waals surface area contributed by atoms with E-state index in [0.29, 0.717) is 5.69 Å². The van der Waals surface area contributed by atoms with E-state index in [9.17, 15) is 0 Å². The molecule has 0 amide bonds. The molecular formula is C14H21BN2O2. The van der Waals surface area contributed by atoms with Crippen LogP contribution in [-0.4, -0.2) is 23.3 Å². The minimum atomic E-state index is -0.349. The van der Waals surface area contributed by atoms with Crippen LogP contribution < -0.4 is 5.73 Å². The molecule has 0 saturated carbocycles. The summed E-state index contributed by atoms with van der Waals surface area (Å²) in [6.07, 6.45) is 3.59. The Morgan fingerprint density at radius 2 is 1.79 bits per heavy atom. The van der Waals surface area contributed by atoms with Gasteiger partial charge in [-0.15, -0.1) is 0 Å². The van der Waals surface area contributed by atoms with Gasteiger partial charge in [0.15, 0.2) is 0 Å². The van der Waals surface area contributed by atoms with Crippen LogP contribution in [0.3, 0.4) is 0 Å². The lowest BCUT2D eigenvalue weighted by molar-refractivity contribution is 0.00578. The van der Waals surface area contributed by atoms with Gasteiger partial charge < -0.3 is 15.0 Å². The number of anilines is 1. The van der Waals surface area contributed by atoms with Crippen molar-refractivity contribution in [3.63, 3.8) is 0 Å². The summed E-state index contributed by atoms with van der Waals surface area (Å²) in [5.74, 6) is 1.89. The average Bonchev–Trinajstić information content (AvgIpc) is 2.49. The van der Waals surface area contributed by atoms with E-state index in [1.165, 1.54) is 0 Å². The Bertz CT molecular complexity index is 496. The molecule has 0 aromatic carbocycles. The summed E-state index contributed by atoms with van der Waals surface area (Å²) in [5.41, 5.74) is 7.77. The molecule has 0 radical (unpaired) electrons. The number of hydrogen-bond donors (Lipinski definition) is 1. The first-order chi connectivity index (χ1) is 8.71. The molecule has 1 aliphatic rings. The Labute approximate surface area is 115 Å². The van der Waals surface area contributed by atoms with Crippen molar-refractivity contribution in [3.8, 4) is 0 Å². The number of nitrogens with zero attached hydrogens (tertiary/aromatic N) is 1. The van der Waals surface area contributed by atoms with Crippen molar-refractivity contribution in [2.24, 2.45) is 0 Å². The monoisotopic (exact) mass is 260 g/mol. The van der Waals surface area contributed by atoms with E-state index < -0.39 is 0 Å². The minimum Gasteiger partial charge on any atom is -0.400 e. The van der Waals surface area contributed by atoms with Gasteiger partial charge in [-0.25, -0.2) is 0 Å². The number of nitrogens with two attached hydrogens (primary N) is 1. The quantitative estimate of drug-likeness (QED) is 0.830. The third-order valence-electron chi connectivity index (χ3n) is 3.81. The molecule has 0 aliphatic carbocycles.